The van der Waals surface area contributed by atoms with Crippen molar-refractivity contribution in [3.63, 3.8) is 0 Å². The lowest BCUT2D eigenvalue weighted by Gasteiger charge is -2.45. The predicted octanol–water partition coefficient (Wildman–Crippen LogP) is 2.22. The Balaban J connectivity index is 1.64. The molecule has 7 heteroatoms. The molecule has 0 aliphatic carbocycles. The Hall–Kier alpha value is -2.12. The third-order valence-corrected chi connectivity index (χ3v) is 4.83. The van der Waals surface area contributed by atoms with E-state index >= 15 is 0 Å². The lowest BCUT2D eigenvalue weighted by atomic mass is 9.82. The van der Waals surface area contributed by atoms with E-state index in [4.69, 9.17) is 9.57 Å². The number of carbonyl (C=O) groups excluding carboxylic acids is 2. The minimum atomic E-state index is -0.609. The Kier molecular flexibility index (Phi) is 6.01. The molecule has 0 unspecified atom stereocenters. The van der Waals surface area contributed by atoms with Crippen LogP contribution in [0.15, 0.2) is 30.3 Å². The fraction of sp³-hybridized carbons (Fsp3) is 0.600. The number of rotatable bonds is 4. The number of nitrogens with zero attached hydrogens (tertiary/aromatic N) is 1. The smallest absolute Gasteiger partial charge is 0.411 e. The number of hydroxylamine groups is 1. The minimum Gasteiger partial charge on any atom is -0.444 e. The maximum atomic E-state index is 12.7. The maximum absolute atomic E-state index is 12.7. The molecular formula is C20H29N3O4. The van der Waals surface area contributed by atoms with Crippen molar-refractivity contribution in [1.82, 2.24) is 15.7 Å². The zero-order valence-corrected chi connectivity index (χ0v) is 16.2. The minimum absolute atomic E-state index is 0.0478. The van der Waals surface area contributed by atoms with Gasteiger partial charge in [-0.15, -0.1) is 0 Å². The van der Waals surface area contributed by atoms with Crippen LogP contribution >= 0.6 is 0 Å². The topological polar surface area (TPSA) is 79.9 Å². The molecule has 2 heterocycles. The highest BCUT2D eigenvalue weighted by atomic mass is 16.6. The van der Waals surface area contributed by atoms with Gasteiger partial charge in [0.25, 0.3) is 0 Å². The van der Waals surface area contributed by atoms with Crippen LogP contribution in [0.25, 0.3) is 0 Å². The van der Waals surface area contributed by atoms with Gasteiger partial charge in [-0.25, -0.2) is 4.79 Å². The standard InChI is InChI=1S/C20H29N3O4/c1-20(2,3)27-19(25)23-12-16(11-15-9-10-21-18(24)17(15)23)22-26-13-14-7-5-4-6-8-14/h4-8,15-17,22H,9-13H2,1-3H3,(H,21,24)/t15-,16-,17+/m1/s1. The van der Waals surface area contributed by atoms with E-state index in [-0.39, 0.29) is 17.9 Å². The molecule has 7 nitrogen and oxygen atoms in total. The molecule has 2 fully saturated rings. The summed E-state index contributed by atoms with van der Waals surface area (Å²) >= 11 is 0. The summed E-state index contributed by atoms with van der Waals surface area (Å²) in [4.78, 5) is 32.3. The first-order valence-corrected chi connectivity index (χ1v) is 9.52. The number of amides is 2. The first-order chi connectivity index (χ1) is 12.8. The number of ether oxygens (including phenoxy) is 1. The number of nitrogens with one attached hydrogen (secondary N) is 2. The van der Waals surface area contributed by atoms with Gasteiger partial charge in [0.1, 0.15) is 11.6 Å². The second-order valence-electron chi connectivity index (χ2n) is 8.24. The Labute approximate surface area is 160 Å². The number of hydrogen-bond acceptors (Lipinski definition) is 5. The molecule has 0 saturated carbocycles. The van der Waals surface area contributed by atoms with Crippen molar-refractivity contribution in [2.75, 3.05) is 13.1 Å². The van der Waals surface area contributed by atoms with Gasteiger partial charge in [0.2, 0.25) is 5.91 Å². The van der Waals surface area contributed by atoms with Crippen molar-refractivity contribution < 1.29 is 19.2 Å². The molecule has 1 aromatic rings. The maximum Gasteiger partial charge on any atom is 0.411 e. The molecule has 0 aromatic heterocycles. The van der Waals surface area contributed by atoms with Gasteiger partial charge < -0.3 is 10.1 Å². The molecule has 2 aliphatic heterocycles. The van der Waals surface area contributed by atoms with Crippen LogP contribution in [0, 0.1) is 5.92 Å². The summed E-state index contributed by atoms with van der Waals surface area (Å²) in [6, 6.07) is 9.37. The second kappa shape index (κ2) is 8.27. The molecule has 0 spiro atoms. The van der Waals surface area contributed by atoms with Gasteiger partial charge in [-0.3, -0.25) is 14.5 Å². The SMILES string of the molecule is CC(C)(C)OC(=O)N1C[C@H](NOCc2ccccc2)C[C@H]2CCNC(=O)[C@H]21. The van der Waals surface area contributed by atoms with E-state index < -0.39 is 17.7 Å². The fourth-order valence-corrected chi connectivity index (χ4v) is 3.70. The molecule has 2 N–H and O–H groups in total. The van der Waals surface area contributed by atoms with Crippen molar-refractivity contribution in [2.45, 2.75) is 57.9 Å². The Morgan fingerprint density at radius 2 is 2.04 bits per heavy atom. The lowest BCUT2D eigenvalue weighted by molar-refractivity contribution is -0.134. The highest BCUT2D eigenvalue weighted by Crippen LogP contribution is 2.30. The largest absolute Gasteiger partial charge is 0.444 e. The molecular weight excluding hydrogens is 346 g/mol. The summed E-state index contributed by atoms with van der Waals surface area (Å²) in [6.07, 6.45) is 1.17. The summed E-state index contributed by atoms with van der Waals surface area (Å²) < 4.78 is 5.54. The third-order valence-electron chi connectivity index (χ3n) is 4.83. The number of likely N-dealkylation sites (tertiary alicyclic amines) is 1. The van der Waals surface area contributed by atoms with Crippen molar-refractivity contribution in [1.29, 1.82) is 0 Å². The van der Waals surface area contributed by atoms with E-state index in [1.807, 2.05) is 51.1 Å². The van der Waals surface area contributed by atoms with Crippen LogP contribution in [-0.4, -0.2) is 47.7 Å². The van der Waals surface area contributed by atoms with Gasteiger partial charge in [0.05, 0.1) is 12.6 Å². The number of carbonyl (C=O) groups is 2. The van der Waals surface area contributed by atoms with E-state index in [1.165, 1.54) is 0 Å². The number of piperidine rings is 2. The predicted molar refractivity (Wildman–Crippen MR) is 101 cm³/mol. The van der Waals surface area contributed by atoms with E-state index in [0.29, 0.717) is 19.7 Å². The van der Waals surface area contributed by atoms with Gasteiger partial charge in [0, 0.05) is 13.1 Å². The Morgan fingerprint density at radius 1 is 1.30 bits per heavy atom. The zero-order chi connectivity index (χ0) is 19.4. The molecule has 2 aliphatic rings. The second-order valence-corrected chi connectivity index (χ2v) is 8.24. The molecule has 2 amide bonds. The van der Waals surface area contributed by atoms with Crippen molar-refractivity contribution in [3.8, 4) is 0 Å². The number of hydrogen-bond donors (Lipinski definition) is 2. The van der Waals surface area contributed by atoms with E-state index in [9.17, 15) is 9.59 Å². The molecule has 3 atom stereocenters. The van der Waals surface area contributed by atoms with E-state index in [0.717, 1.165) is 18.4 Å². The molecule has 3 rings (SSSR count). The molecule has 148 valence electrons. The number of benzene rings is 1. The lowest BCUT2D eigenvalue weighted by Crippen LogP contribution is -2.64. The average Bonchev–Trinajstić information content (AvgIpc) is 2.61. The van der Waals surface area contributed by atoms with Crippen molar-refractivity contribution in [3.05, 3.63) is 35.9 Å². The molecule has 27 heavy (non-hydrogen) atoms. The van der Waals surface area contributed by atoms with Gasteiger partial charge in [-0.1, -0.05) is 30.3 Å². The van der Waals surface area contributed by atoms with Gasteiger partial charge >= 0.3 is 6.09 Å². The van der Waals surface area contributed by atoms with E-state index in [1.54, 1.807) is 4.90 Å². The highest BCUT2D eigenvalue weighted by Gasteiger charge is 2.45. The quantitative estimate of drug-likeness (QED) is 0.789. The van der Waals surface area contributed by atoms with Gasteiger partial charge in [-0.2, -0.15) is 5.48 Å². The van der Waals surface area contributed by atoms with Crippen LogP contribution in [0.3, 0.4) is 0 Å². The Bertz CT molecular complexity index is 659. The summed E-state index contributed by atoms with van der Waals surface area (Å²) in [5.74, 6) is -0.00129. The van der Waals surface area contributed by atoms with Crippen LogP contribution in [0.5, 0.6) is 0 Å². The normalized spacial score (nSPS) is 25.5. The van der Waals surface area contributed by atoms with Crippen LogP contribution in [0.2, 0.25) is 0 Å². The van der Waals surface area contributed by atoms with Crippen molar-refractivity contribution >= 4 is 12.0 Å². The summed E-state index contributed by atoms with van der Waals surface area (Å²) in [7, 11) is 0. The number of fused-ring (bicyclic) bond motifs is 1. The monoisotopic (exact) mass is 375 g/mol. The van der Waals surface area contributed by atoms with Crippen LogP contribution in [-0.2, 0) is 21.0 Å². The molecule has 2 saturated heterocycles. The van der Waals surface area contributed by atoms with Gasteiger partial charge in [-0.05, 0) is 45.1 Å². The Morgan fingerprint density at radius 3 is 2.74 bits per heavy atom. The third kappa shape index (κ3) is 5.20. The molecule has 0 radical (unpaired) electrons. The summed E-state index contributed by atoms with van der Waals surface area (Å²) in [5.41, 5.74) is 3.54. The van der Waals surface area contributed by atoms with Crippen LogP contribution in [0.1, 0.15) is 39.2 Å². The van der Waals surface area contributed by atoms with Crippen LogP contribution < -0.4 is 10.8 Å². The molecule has 1 aromatic carbocycles. The fourth-order valence-electron chi connectivity index (χ4n) is 3.70. The highest BCUT2D eigenvalue weighted by molar-refractivity contribution is 5.87. The first-order valence-electron chi connectivity index (χ1n) is 9.52. The zero-order valence-electron chi connectivity index (χ0n) is 16.2. The summed E-state index contributed by atoms with van der Waals surface area (Å²) in [6.45, 7) is 6.93. The first kappa shape index (κ1) is 19.6. The summed E-state index contributed by atoms with van der Waals surface area (Å²) in [5, 5.41) is 2.87. The van der Waals surface area contributed by atoms with Crippen LogP contribution in [0.4, 0.5) is 4.79 Å². The average molecular weight is 375 g/mol. The van der Waals surface area contributed by atoms with Crippen molar-refractivity contribution in [2.24, 2.45) is 5.92 Å². The molecule has 0 bridgehead atoms. The van der Waals surface area contributed by atoms with E-state index in [2.05, 4.69) is 10.8 Å². The van der Waals surface area contributed by atoms with Gasteiger partial charge in [0.15, 0.2) is 0 Å².